The second-order valence-corrected chi connectivity index (χ2v) is 5.08. The van der Waals surface area contributed by atoms with Gasteiger partial charge in [-0.1, -0.05) is 12.1 Å². The molecule has 0 spiro atoms. The highest BCUT2D eigenvalue weighted by Gasteiger charge is 2.13. The monoisotopic (exact) mass is 302 g/mol. The SMILES string of the molecule is COCCn1c(-c2cccc(OC)c2)cc(C)c(CN)c1=O. The fourth-order valence-electron chi connectivity index (χ4n) is 2.49. The normalized spacial score (nSPS) is 10.7. The maximum absolute atomic E-state index is 12.7. The zero-order chi connectivity index (χ0) is 16.1. The Labute approximate surface area is 130 Å². The summed E-state index contributed by atoms with van der Waals surface area (Å²) in [5.74, 6) is 0.754. The van der Waals surface area contributed by atoms with E-state index in [1.165, 1.54) is 0 Å². The molecule has 5 nitrogen and oxygen atoms in total. The first-order valence-corrected chi connectivity index (χ1v) is 7.19. The molecule has 2 N–H and O–H groups in total. The molecule has 2 aromatic rings. The second-order valence-electron chi connectivity index (χ2n) is 5.08. The van der Waals surface area contributed by atoms with E-state index in [4.69, 9.17) is 15.2 Å². The van der Waals surface area contributed by atoms with Crippen LogP contribution in [0.2, 0.25) is 0 Å². The number of hydrogen-bond acceptors (Lipinski definition) is 4. The van der Waals surface area contributed by atoms with Crippen LogP contribution < -0.4 is 16.0 Å². The summed E-state index contributed by atoms with van der Waals surface area (Å²) >= 11 is 0. The van der Waals surface area contributed by atoms with Gasteiger partial charge in [-0.2, -0.15) is 0 Å². The van der Waals surface area contributed by atoms with Crippen molar-refractivity contribution in [1.29, 1.82) is 0 Å². The molecule has 0 saturated heterocycles. The second kappa shape index (κ2) is 7.24. The molecular formula is C17H22N2O3. The molecule has 1 aromatic heterocycles. The van der Waals surface area contributed by atoms with Gasteiger partial charge in [-0.25, -0.2) is 0 Å². The summed E-state index contributed by atoms with van der Waals surface area (Å²) in [5, 5.41) is 0. The highest BCUT2D eigenvalue weighted by atomic mass is 16.5. The molecule has 118 valence electrons. The lowest BCUT2D eigenvalue weighted by atomic mass is 10.0. The molecule has 22 heavy (non-hydrogen) atoms. The smallest absolute Gasteiger partial charge is 0.255 e. The molecule has 0 unspecified atom stereocenters. The zero-order valence-electron chi connectivity index (χ0n) is 13.3. The van der Waals surface area contributed by atoms with E-state index in [9.17, 15) is 4.79 Å². The van der Waals surface area contributed by atoms with Gasteiger partial charge in [-0.3, -0.25) is 4.79 Å². The predicted molar refractivity (Wildman–Crippen MR) is 87.2 cm³/mol. The molecule has 0 aliphatic carbocycles. The van der Waals surface area contributed by atoms with E-state index in [1.54, 1.807) is 18.8 Å². The van der Waals surface area contributed by atoms with Crippen LogP contribution in [-0.2, 0) is 17.8 Å². The van der Waals surface area contributed by atoms with Gasteiger partial charge in [0.1, 0.15) is 5.75 Å². The molecule has 5 heteroatoms. The van der Waals surface area contributed by atoms with Crippen LogP contribution in [0.4, 0.5) is 0 Å². The van der Waals surface area contributed by atoms with Crippen LogP contribution in [0.3, 0.4) is 0 Å². The summed E-state index contributed by atoms with van der Waals surface area (Å²) in [4.78, 5) is 12.7. The third-order valence-electron chi connectivity index (χ3n) is 3.71. The lowest BCUT2D eigenvalue weighted by molar-refractivity contribution is 0.186. The number of aromatic nitrogens is 1. The van der Waals surface area contributed by atoms with Gasteiger partial charge in [-0.15, -0.1) is 0 Å². The molecule has 0 bridgehead atoms. The van der Waals surface area contributed by atoms with E-state index in [-0.39, 0.29) is 12.1 Å². The van der Waals surface area contributed by atoms with E-state index in [0.29, 0.717) is 18.7 Å². The van der Waals surface area contributed by atoms with E-state index >= 15 is 0 Å². The Hall–Kier alpha value is -2.11. The van der Waals surface area contributed by atoms with Crippen LogP contribution >= 0.6 is 0 Å². The minimum atomic E-state index is -0.0580. The van der Waals surface area contributed by atoms with Crippen molar-refractivity contribution in [3.63, 3.8) is 0 Å². The maximum atomic E-state index is 12.7. The number of nitrogens with zero attached hydrogens (tertiary/aromatic N) is 1. The molecule has 0 amide bonds. The number of rotatable bonds is 6. The summed E-state index contributed by atoms with van der Waals surface area (Å²) in [7, 11) is 3.24. The quantitative estimate of drug-likeness (QED) is 0.885. The molecule has 1 heterocycles. The summed E-state index contributed by atoms with van der Waals surface area (Å²) < 4.78 is 12.1. The molecule has 1 aromatic carbocycles. The minimum Gasteiger partial charge on any atom is -0.497 e. The molecule has 2 rings (SSSR count). The topological polar surface area (TPSA) is 66.5 Å². The van der Waals surface area contributed by atoms with Gasteiger partial charge in [0.2, 0.25) is 0 Å². The van der Waals surface area contributed by atoms with Crippen molar-refractivity contribution >= 4 is 0 Å². The van der Waals surface area contributed by atoms with Crippen molar-refractivity contribution in [2.45, 2.75) is 20.0 Å². The van der Waals surface area contributed by atoms with Crippen molar-refractivity contribution in [3.05, 3.63) is 51.8 Å². The number of hydrogen-bond donors (Lipinski definition) is 1. The summed E-state index contributed by atoms with van der Waals surface area (Å²) in [6, 6.07) is 9.66. The lowest BCUT2D eigenvalue weighted by Crippen LogP contribution is -2.29. The molecule has 0 radical (unpaired) electrons. The van der Waals surface area contributed by atoms with Crippen molar-refractivity contribution < 1.29 is 9.47 Å². The number of pyridine rings is 1. The molecular weight excluding hydrogens is 280 g/mol. The van der Waals surface area contributed by atoms with Gasteiger partial charge in [0.15, 0.2) is 0 Å². The number of benzene rings is 1. The fourth-order valence-corrected chi connectivity index (χ4v) is 2.49. The molecule has 0 saturated carbocycles. The summed E-state index contributed by atoms with van der Waals surface area (Å²) in [6.07, 6.45) is 0. The van der Waals surface area contributed by atoms with Crippen molar-refractivity contribution in [2.24, 2.45) is 5.73 Å². The van der Waals surface area contributed by atoms with E-state index < -0.39 is 0 Å². The van der Waals surface area contributed by atoms with Crippen molar-refractivity contribution in [3.8, 4) is 17.0 Å². The molecule has 0 aliphatic rings. The highest BCUT2D eigenvalue weighted by Crippen LogP contribution is 2.24. The van der Waals surface area contributed by atoms with Gasteiger partial charge >= 0.3 is 0 Å². The van der Waals surface area contributed by atoms with Gasteiger partial charge in [-0.05, 0) is 30.7 Å². The maximum Gasteiger partial charge on any atom is 0.255 e. The largest absolute Gasteiger partial charge is 0.497 e. The van der Waals surface area contributed by atoms with E-state index in [2.05, 4.69) is 0 Å². The first-order valence-electron chi connectivity index (χ1n) is 7.19. The third-order valence-corrected chi connectivity index (χ3v) is 3.71. The number of methoxy groups -OCH3 is 2. The lowest BCUT2D eigenvalue weighted by Gasteiger charge is -2.16. The standard InChI is InChI=1S/C17H22N2O3/c1-12-9-16(13-5-4-6-14(10-13)22-3)19(7-8-21-2)17(20)15(12)11-18/h4-6,9-10H,7-8,11,18H2,1-3H3. The van der Waals surface area contributed by atoms with Crippen LogP contribution in [0.1, 0.15) is 11.1 Å². The van der Waals surface area contributed by atoms with E-state index in [1.807, 2.05) is 37.3 Å². The van der Waals surface area contributed by atoms with Crippen LogP contribution in [0.5, 0.6) is 5.75 Å². The van der Waals surface area contributed by atoms with Crippen LogP contribution in [0, 0.1) is 6.92 Å². The predicted octanol–water partition coefficient (Wildman–Crippen LogP) is 1.94. The first-order chi connectivity index (χ1) is 10.6. The molecule has 0 aliphatic heterocycles. The highest BCUT2D eigenvalue weighted by molar-refractivity contribution is 5.63. The summed E-state index contributed by atoms with van der Waals surface area (Å²) in [5.41, 5.74) is 8.98. The van der Waals surface area contributed by atoms with Gasteiger partial charge < -0.3 is 19.8 Å². The fraction of sp³-hybridized carbons (Fsp3) is 0.353. The molecule has 0 fully saturated rings. The third kappa shape index (κ3) is 3.21. The number of nitrogens with two attached hydrogens (primary N) is 1. The zero-order valence-corrected chi connectivity index (χ0v) is 13.3. The number of ether oxygens (including phenoxy) is 2. The van der Waals surface area contributed by atoms with Gasteiger partial charge in [0.25, 0.3) is 5.56 Å². The van der Waals surface area contributed by atoms with Gasteiger partial charge in [0, 0.05) is 31.3 Å². The Morgan fingerprint density at radius 1 is 1.23 bits per heavy atom. The Bertz CT molecular complexity index is 708. The van der Waals surface area contributed by atoms with Crippen molar-refractivity contribution in [1.82, 2.24) is 4.57 Å². The Morgan fingerprint density at radius 3 is 2.64 bits per heavy atom. The van der Waals surface area contributed by atoms with Gasteiger partial charge in [0.05, 0.1) is 19.4 Å². The Morgan fingerprint density at radius 2 is 2.00 bits per heavy atom. The summed E-state index contributed by atoms with van der Waals surface area (Å²) in [6.45, 7) is 3.09. The average molecular weight is 302 g/mol. The van der Waals surface area contributed by atoms with E-state index in [0.717, 1.165) is 22.6 Å². The average Bonchev–Trinajstić information content (AvgIpc) is 2.54. The Balaban J connectivity index is 2.64. The van der Waals surface area contributed by atoms with Crippen molar-refractivity contribution in [2.75, 3.05) is 20.8 Å². The number of aryl methyl sites for hydroxylation is 1. The first kappa shape index (κ1) is 16.3. The minimum absolute atomic E-state index is 0.0580. The molecule has 0 atom stereocenters. The van der Waals surface area contributed by atoms with Crippen LogP contribution in [0.15, 0.2) is 35.1 Å². The Kier molecular flexibility index (Phi) is 5.35. The van der Waals surface area contributed by atoms with Crippen LogP contribution in [-0.4, -0.2) is 25.4 Å². The van der Waals surface area contributed by atoms with Crippen LogP contribution in [0.25, 0.3) is 11.3 Å².